The van der Waals surface area contributed by atoms with E-state index in [4.69, 9.17) is 11.6 Å². The Morgan fingerprint density at radius 2 is 1.79 bits per heavy atom. The highest BCUT2D eigenvalue weighted by Crippen LogP contribution is 2.27. The molecule has 1 aromatic heterocycles. The van der Waals surface area contributed by atoms with Gasteiger partial charge < -0.3 is 10.0 Å². The summed E-state index contributed by atoms with van der Waals surface area (Å²) in [6.07, 6.45) is 0.786. The van der Waals surface area contributed by atoms with Crippen LogP contribution in [0.2, 0.25) is 5.02 Å². The van der Waals surface area contributed by atoms with Crippen molar-refractivity contribution in [2.75, 3.05) is 6.54 Å². The summed E-state index contributed by atoms with van der Waals surface area (Å²) in [6, 6.07) is 14.7. The van der Waals surface area contributed by atoms with Crippen LogP contribution in [0.15, 0.2) is 53.0 Å². The maximum atomic E-state index is 12.8. The number of nitrogens with zero attached hydrogens (tertiary/aromatic N) is 3. The molecule has 0 radical (unpaired) electrons. The van der Waals surface area contributed by atoms with E-state index < -0.39 is 5.97 Å². The first-order valence-corrected chi connectivity index (χ1v) is 10.2. The van der Waals surface area contributed by atoms with Gasteiger partial charge in [-0.1, -0.05) is 39.7 Å². The summed E-state index contributed by atoms with van der Waals surface area (Å²) < 4.78 is 2.60. The second-order valence-corrected chi connectivity index (χ2v) is 8.19. The lowest BCUT2D eigenvalue weighted by Crippen LogP contribution is -2.37. The summed E-state index contributed by atoms with van der Waals surface area (Å²) in [4.78, 5) is 26.2. The van der Waals surface area contributed by atoms with Crippen LogP contribution in [0.4, 0.5) is 0 Å². The van der Waals surface area contributed by atoms with Gasteiger partial charge in [-0.2, -0.15) is 5.10 Å². The van der Waals surface area contributed by atoms with Gasteiger partial charge in [-0.3, -0.25) is 4.79 Å². The number of carbonyl (C=O) groups is 2. The van der Waals surface area contributed by atoms with Crippen LogP contribution in [-0.4, -0.2) is 38.2 Å². The molecular weight excluding hydrogens is 458 g/mol. The van der Waals surface area contributed by atoms with Crippen molar-refractivity contribution in [2.24, 2.45) is 0 Å². The van der Waals surface area contributed by atoms with E-state index >= 15 is 0 Å². The van der Waals surface area contributed by atoms with Gasteiger partial charge >= 0.3 is 5.97 Å². The fourth-order valence-corrected chi connectivity index (χ4v) is 3.88. The molecule has 1 amide bonds. The molecule has 1 N–H and O–H groups in total. The van der Waals surface area contributed by atoms with Crippen molar-refractivity contribution in [3.05, 3.63) is 80.5 Å². The SMILES string of the molecule is O=C(O)c1nn(-c2ccc(Br)cc2)c2c1CN(C(=O)Cc1ccc(Cl)cc1)CC2. The summed E-state index contributed by atoms with van der Waals surface area (Å²) in [5.74, 6) is -1.14. The summed E-state index contributed by atoms with van der Waals surface area (Å²) in [5, 5.41) is 14.6. The first-order valence-electron chi connectivity index (χ1n) is 9.04. The second-order valence-electron chi connectivity index (χ2n) is 6.84. The molecule has 1 aliphatic rings. The third-order valence-corrected chi connectivity index (χ3v) is 5.73. The predicted octanol–water partition coefficient (Wildman–Crippen LogP) is 4.11. The minimum absolute atomic E-state index is 0.00749. The normalized spacial score (nSPS) is 13.2. The lowest BCUT2D eigenvalue weighted by molar-refractivity contribution is -0.131. The molecule has 0 fully saturated rings. The zero-order valence-corrected chi connectivity index (χ0v) is 17.7. The van der Waals surface area contributed by atoms with Crippen molar-refractivity contribution in [1.82, 2.24) is 14.7 Å². The van der Waals surface area contributed by atoms with Gasteiger partial charge in [0.25, 0.3) is 0 Å². The Morgan fingerprint density at radius 1 is 1.10 bits per heavy atom. The Balaban J connectivity index is 1.61. The van der Waals surface area contributed by atoms with Crippen molar-refractivity contribution in [3.63, 3.8) is 0 Å². The second kappa shape index (κ2) is 8.00. The zero-order chi connectivity index (χ0) is 20.5. The predicted molar refractivity (Wildman–Crippen MR) is 113 cm³/mol. The van der Waals surface area contributed by atoms with Crippen molar-refractivity contribution in [1.29, 1.82) is 0 Å². The van der Waals surface area contributed by atoms with Crippen LogP contribution in [-0.2, 0) is 24.2 Å². The summed E-state index contributed by atoms with van der Waals surface area (Å²) in [5.41, 5.74) is 3.08. The van der Waals surface area contributed by atoms with E-state index in [2.05, 4.69) is 21.0 Å². The lowest BCUT2D eigenvalue weighted by Gasteiger charge is -2.28. The molecule has 0 saturated heterocycles. The molecule has 2 aromatic carbocycles. The molecule has 4 rings (SSSR count). The number of aromatic carboxylic acids is 1. The van der Waals surface area contributed by atoms with Gasteiger partial charge in [0.15, 0.2) is 5.69 Å². The van der Waals surface area contributed by atoms with Gasteiger partial charge in [-0.05, 0) is 42.0 Å². The number of carboxylic acids is 1. The topological polar surface area (TPSA) is 75.4 Å². The van der Waals surface area contributed by atoms with Crippen LogP contribution < -0.4 is 0 Å². The molecule has 0 bridgehead atoms. The van der Waals surface area contributed by atoms with Gasteiger partial charge in [-0.15, -0.1) is 0 Å². The van der Waals surface area contributed by atoms with E-state index in [1.165, 1.54) is 0 Å². The molecule has 0 saturated carbocycles. The smallest absolute Gasteiger partial charge is 0.356 e. The summed E-state index contributed by atoms with van der Waals surface area (Å²) >= 11 is 9.30. The van der Waals surface area contributed by atoms with Crippen LogP contribution in [0, 0.1) is 0 Å². The van der Waals surface area contributed by atoms with Crippen LogP contribution in [0.1, 0.15) is 27.3 Å². The molecule has 2 heterocycles. The number of aromatic nitrogens is 2. The van der Waals surface area contributed by atoms with Gasteiger partial charge in [0.2, 0.25) is 5.91 Å². The van der Waals surface area contributed by atoms with Gasteiger partial charge in [0, 0.05) is 34.6 Å². The average molecular weight is 475 g/mol. The number of halogens is 2. The van der Waals surface area contributed by atoms with Gasteiger partial charge in [-0.25, -0.2) is 9.48 Å². The molecule has 3 aromatic rings. The van der Waals surface area contributed by atoms with E-state index in [0.717, 1.165) is 21.4 Å². The van der Waals surface area contributed by atoms with E-state index in [9.17, 15) is 14.7 Å². The molecular formula is C21H17BrClN3O3. The lowest BCUT2D eigenvalue weighted by atomic mass is 10.0. The number of amides is 1. The molecule has 1 aliphatic heterocycles. The number of carboxylic acid groups (broad SMARTS) is 1. The number of fused-ring (bicyclic) bond motifs is 1. The minimum atomic E-state index is -1.09. The molecule has 0 spiro atoms. The average Bonchev–Trinajstić information content (AvgIpc) is 3.09. The monoisotopic (exact) mass is 473 g/mol. The number of benzene rings is 2. The summed E-state index contributed by atoms with van der Waals surface area (Å²) in [6.45, 7) is 0.751. The van der Waals surface area contributed by atoms with E-state index in [1.54, 1.807) is 21.7 Å². The zero-order valence-electron chi connectivity index (χ0n) is 15.3. The van der Waals surface area contributed by atoms with E-state index in [-0.39, 0.29) is 24.6 Å². The Bertz CT molecular complexity index is 1080. The largest absolute Gasteiger partial charge is 0.476 e. The maximum absolute atomic E-state index is 12.8. The Hall–Kier alpha value is -2.64. The number of hydrogen-bond acceptors (Lipinski definition) is 3. The van der Waals surface area contributed by atoms with Crippen LogP contribution >= 0.6 is 27.5 Å². The highest BCUT2D eigenvalue weighted by Gasteiger charge is 2.30. The van der Waals surface area contributed by atoms with Crippen LogP contribution in [0.25, 0.3) is 5.69 Å². The quantitative estimate of drug-likeness (QED) is 0.617. The first-order chi connectivity index (χ1) is 13.9. The van der Waals surface area contributed by atoms with E-state index in [0.29, 0.717) is 23.6 Å². The fourth-order valence-electron chi connectivity index (χ4n) is 3.49. The highest BCUT2D eigenvalue weighted by molar-refractivity contribution is 9.10. The van der Waals surface area contributed by atoms with Gasteiger partial charge in [0.1, 0.15) is 0 Å². The highest BCUT2D eigenvalue weighted by atomic mass is 79.9. The third kappa shape index (κ3) is 4.06. The Labute approximate surface area is 180 Å². The summed E-state index contributed by atoms with van der Waals surface area (Å²) in [7, 11) is 0. The number of carbonyl (C=O) groups excluding carboxylic acids is 1. The van der Waals surface area contributed by atoms with Crippen LogP contribution in [0.5, 0.6) is 0 Å². The van der Waals surface area contributed by atoms with Crippen molar-refractivity contribution >= 4 is 39.4 Å². The Kier molecular flexibility index (Phi) is 5.43. The van der Waals surface area contributed by atoms with E-state index in [1.807, 2.05) is 36.4 Å². The molecule has 148 valence electrons. The molecule has 0 atom stereocenters. The molecule has 0 aliphatic carbocycles. The molecule has 6 nitrogen and oxygen atoms in total. The molecule has 8 heteroatoms. The van der Waals surface area contributed by atoms with Crippen LogP contribution in [0.3, 0.4) is 0 Å². The Morgan fingerprint density at radius 3 is 2.45 bits per heavy atom. The number of rotatable bonds is 4. The fraction of sp³-hybridized carbons (Fsp3) is 0.190. The van der Waals surface area contributed by atoms with Crippen molar-refractivity contribution < 1.29 is 14.7 Å². The molecule has 29 heavy (non-hydrogen) atoms. The maximum Gasteiger partial charge on any atom is 0.356 e. The molecule has 0 unspecified atom stereocenters. The first kappa shape index (κ1) is 19.7. The standard InChI is InChI=1S/C21H17BrClN3O3/c22-14-3-7-16(8-4-14)26-18-9-10-25(12-17(18)20(24-26)21(28)29)19(27)11-13-1-5-15(23)6-2-13/h1-8H,9-12H2,(H,28,29). The number of hydrogen-bond donors (Lipinski definition) is 1. The third-order valence-electron chi connectivity index (χ3n) is 4.95. The van der Waals surface area contributed by atoms with Crippen molar-refractivity contribution in [2.45, 2.75) is 19.4 Å². The van der Waals surface area contributed by atoms with Crippen molar-refractivity contribution in [3.8, 4) is 5.69 Å². The minimum Gasteiger partial charge on any atom is -0.476 e. The van der Waals surface area contributed by atoms with Gasteiger partial charge in [0.05, 0.1) is 17.8 Å².